The molecule has 2 aromatic rings. The molecule has 108 valence electrons. The molecule has 0 aliphatic carbocycles. The van der Waals surface area contributed by atoms with Gasteiger partial charge in [0.05, 0.1) is 17.6 Å². The molecule has 1 N–H and O–H groups in total. The summed E-state index contributed by atoms with van der Waals surface area (Å²) in [6.45, 7) is 3.85. The van der Waals surface area contributed by atoms with Gasteiger partial charge in [-0.05, 0) is 62.0 Å². The zero-order valence-electron chi connectivity index (χ0n) is 11.5. The summed E-state index contributed by atoms with van der Waals surface area (Å²) in [6, 6.07) is 4.38. The first kappa shape index (κ1) is 13.6. The van der Waals surface area contributed by atoms with E-state index in [9.17, 15) is 8.42 Å². The molecule has 1 aliphatic heterocycles. The Hall–Kier alpha value is -1.40. The third-order valence-corrected chi connectivity index (χ3v) is 4.80. The maximum Gasteiger partial charge on any atom is 0.153 e. The highest BCUT2D eigenvalue weighted by Gasteiger charge is 2.22. The molecule has 0 radical (unpaired) electrons. The highest BCUT2D eigenvalue weighted by molar-refractivity contribution is 7.72. The number of aryl methyl sites for hydroxylation is 1. The summed E-state index contributed by atoms with van der Waals surface area (Å²) in [5.41, 5.74) is 3.75. The van der Waals surface area contributed by atoms with Gasteiger partial charge in [-0.1, -0.05) is 0 Å². The SMILES string of the molecule is Cc1cc2cn[nH]c2cc1C1CCN(C[SH](=O)=O)CC1. The number of benzene rings is 1. The van der Waals surface area contributed by atoms with Gasteiger partial charge >= 0.3 is 0 Å². The fourth-order valence-electron chi connectivity index (χ4n) is 3.11. The van der Waals surface area contributed by atoms with Crippen LogP contribution in [0.4, 0.5) is 0 Å². The molecule has 3 rings (SSSR count). The van der Waals surface area contributed by atoms with Crippen molar-refractivity contribution in [3.8, 4) is 0 Å². The maximum absolute atomic E-state index is 10.8. The van der Waals surface area contributed by atoms with Gasteiger partial charge in [0, 0.05) is 5.39 Å². The fraction of sp³-hybridized carbons (Fsp3) is 0.500. The monoisotopic (exact) mass is 293 g/mol. The molecule has 0 spiro atoms. The Kier molecular flexibility index (Phi) is 3.76. The van der Waals surface area contributed by atoms with Gasteiger partial charge < -0.3 is 0 Å². The Bertz CT molecular complexity index is 677. The summed E-state index contributed by atoms with van der Waals surface area (Å²) in [7, 11) is -2.30. The number of nitrogens with zero attached hydrogens (tertiary/aromatic N) is 2. The summed E-state index contributed by atoms with van der Waals surface area (Å²) < 4.78 is 21.5. The van der Waals surface area contributed by atoms with E-state index < -0.39 is 10.7 Å². The van der Waals surface area contributed by atoms with Gasteiger partial charge in [-0.3, -0.25) is 10.00 Å². The van der Waals surface area contributed by atoms with Gasteiger partial charge in [0.25, 0.3) is 0 Å². The minimum Gasteiger partial charge on any atom is -0.290 e. The van der Waals surface area contributed by atoms with Gasteiger partial charge in [0.15, 0.2) is 10.7 Å². The first-order chi connectivity index (χ1) is 9.63. The summed E-state index contributed by atoms with van der Waals surface area (Å²) in [5, 5.41) is 8.24. The molecule has 0 atom stereocenters. The molecule has 1 saturated heterocycles. The number of likely N-dealkylation sites (tertiary alicyclic amines) is 1. The number of hydrogen-bond acceptors (Lipinski definition) is 4. The second kappa shape index (κ2) is 5.54. The Morgan fingerprint density at radius 1 is 1.35 bits per heavy atom. The van der Waals surface area contributed by atoms with Crippen LogP contribution in [0.2, 0.25) is 0 Å². The van der Waals surface area contributed by atoms with Gasteiger partial charge in [-0.15, -0.1) is 0 Å². The van der Waals surface area contributed by atoms with Crippen LogP contribution in [0.25, 0.3) is 10.9 Å². The molecule has 1 fully saturated rings. The number of aromatic nitrogens is 2. The van der Waals surface area contributed by atoms with Crippen LogP contribution >= 0.6 is 0 Å². The van der Waals surface area contributed by atoms with E-state index in [1.165, 1.54) is 11.1 Å². The molecule has 1 aromatic carbocycles. The van der Waals surface area contributed by atoms with Crippen LogP contribution in [0.5, 0.6) is 0 Å². The van der Waals surface area contributed by atoms with Crippen molar-refractivity contribution in [1.29, 1.82) is 0 Å². The van der Waals surface area contributed by atoms with Crippen molar-refractivity contribution < 1.29 is 8.42 Å². The van der Waals surface area contributed by atoms with Crippen molar-refractivity contribution in [3.05, 3.63) is 29.5 Å². The number of aromatic amines is 1. The van der Waals surface area contributed by atoms with E-state index in [0.29, 0.717) is 5.92 Å². The van der Waals surface area contributed by atoms with E-state index in [1.54, 1.807) is 0 Å². The summed E-state index contributed by atoms with van der Waals surface area (Å²) >= 11 is 0. The van der Waals surface area contributed by atoms with Gasteiger partial charge in [-0.25, -0.2) is 8.42 Å². The van der Waals surface area contributed by atoms with Crippen molar-refractivity contribution in [2.24, 2.45) is 0 Å². The zero-order chi connectivity index (χ0) is 14.1. The normalized spacial score (nSPS) is 18.1. The van der Waals surface area contributed by atoms with E-state index in [1.807, 2.05) is 11.1 Å². The lowest BCUT2D eigenvalue weighted by molar-refractivity contribution is 0.242. The number of hydrogen-bond donors (Lipinski definition) is 2. The van der Waals surface area contributed by atoms with E-state index in [-0.39, 0.29) is 5.88 Å². The number of H-pyrrole nitrogens is 1. The van der Waals surface area contributed by atoms with Crippen molar-refractivity contribution in [3.63, 3.8) is 0 Å². The summed E-state index contributed by atoms with van der Waals surface area (Å²) in [5.74, 6) is 0.712. The van der Waals surface area contributed by atoms with Crippen molar-refractivity contribution in [1.82, 2.24) is 15.1 Å². The predicted molar refractivity (Wildman–Crippen MR) is 79.6 cm³/mol. The molecule has 20 heavy (non-hydrogen) atoms. The fourth-order valence-corrected chi connectivity index (χ4v) is 3.72. The molecule has 1 aromatic heterocycles. The van der Waals surface area contributed by atoms with Gasteiger partial charge in [-0.2, -0.15) is 5.10 Å². The Morgan fingerprint density at radius 2 is 2.10 bits per heavy atom. The molecule has 1 aliphatic rings. The second-order valence-corrected chi connectivity index (χ2v) is 6.48. The standard InChI is InChI=1S/C14H19N3O2S/c1-10-6-12-8-15-16-14(12)7-13(10)11-2-4-17(5-3-11)9-20(18)19/h6-8,11,20H,2-5,9H2,1H3,(H,15,16). The van der Waals surface area contributed by atoms with Crippen LogP contribution in [0.1, 0.15) is 29.9 Å². The Balaban J connectivity index is 1.77. The van der Waals surface area contributed by atoms with Gasteiger partial charge in [0.1, 0.15) is 0 Å². The van der Waals surface area contributed by atoms with Crippen LogP contribution in [0.3, 0.4) is 0 Å². The smallest absolute Gasteiger partial charge is 0.153 e. The number of nitrogens with one attached hydrogen (secondary N) is 1. The molecule has 0 unspecified atom stereocenters. The first-order valence-corrected chi connectivity index (χ1v) is 8.27. The molecule has 0 bridgehead atoms. The lowest BCUT2D eigenvalue weighted by atomic mass is 9.86. The number of fused-ring (bicyclic) bond motifs is 1. The third kappa shape index (κ3) is 2.71. The molecular formula is C14H19N3O2S. The van der Waals surface area contributed by atoms with Crippen molar-refractivity contribution >= 4 is 21.6 Å². The lowest BCUT2D eigenvalue weighted by Gasteiger charge is -2.31. The van der Waals surface area contributed by atoms with E-state index in [2.05, 4.69) is 29.3 Å². The van der Waals surface area contributed by atoms with E-state index >= 15 is 0 Å². The summed E-state index contributed by atoms with van der Waals surface area (Å²) in [6.07, 6.45) is 3.88. The molecular weight excluding hydrogens is 274 g/mol. The zero-order valence-corrected chi connectivity index (χ0v) is 12.4. The molecule has 0 saturated carbocycles. The number of rotatable bonds is 3. The van der Waals surface area contributed by atoms with Gasteiger partial charge in [0.2, 0.25) is 0 Å². The lowest BCUT2D eigenvalue weighted by Crippen LogP contribution is -2.34. The number of piperidine rings is 1. The van der Waals surface area contributed by atoms with E-state index in [0.717, 1.165) is 36.8 Å². The Labute approximate surface area is 119 Å². The molecule has 5 nitrogen and oxygen atoms in total. The highest BCUT2D eigenvalue weighted by Crippen LogP contribution is 2.32. The second-order valence-electron chi connectivity index (χ2n) is 5.53. The third-order valence-electron chi connectivity index (χ3n) is 4.17. The summed E-state index contributed by atoms with van der Waals surface area (Å²) in [4.78, 5) is 2.02. The Morgan fingerprint density at radius 3 is 2.80 bits per heavy atom. The number of thiol groups is 1. The van der Waals surface area contributed by atoms with Crippen LogP contribution in [-0.4, -0.2) is 42.5 Å². The predicted octanol–water partition coefficient (Wildman–Crippen LogP) is 1.62. The minimum atomic E-state index is -2.30. The average Bonchev–Trinajstić information content (AvgIpc) is 2.85. The highest BCUT2D eigenvalue weighted by atomic mass is 32.2. The van der Waals surface area contributed by atoms with Crippen molar-refractivity contribution in [2.75, 3.05) is 19.0 Å². The van der Waals surface area contributed by atoms with E-state index in [4.69, 9.17) is 0 Å². The topological polar surface area (TPSA) is 66.1 Å². The maximum atomic E-state index is 10.8. The largest absolute Gasteiger partial charge is 0.290 e. The minimum absolute atomic E-state index is 0.195. The molecule has 2 heterocycles. The van der Waals surface area contributed by atoms with Crippen LogP contribution in [0, 0.1) is 6.92 Å². The van der Waals surface area contributed by atoms with Crippen LogP contribution < -0.4 is 0 Å². The van der Waals surface area contributed by atoms with Crippen molar-refractivity contribution in [2.45, 2.75) is 25.7 Å². The molecule has 0 amide bonds. The molecule has 6 heteroatoms. The van der Waals surface area contributed by atoms with Crippen LogP contribution in [-0.2, 0) is 10.7 Å². The average molecular weight is 293 g/mol. The van der Waals surface area contributed by atoms with Crippen LogP contribution in [0.15, 0.2) is 18.3 Å². The quantitative estimate of drug-likeness (QED) is 0.844. The first-order valence-electron chi connectivity index (χ1n) is 6.91.